The number of hydrogen-bond donors (Lipinski definition) is 3. The third-order valence-corrected chi connectivity index (χ3v) is 4.03. The van der Waals surface area contributed by atoms with Gasteiger partial charge >= 0.3 is 0 Å². The minimum atomic E-state index is -2.63. The van der Waals surface area contributed by atoms with Crippen LogP contribution in [0.3, 0.4) is 0 Å². The van der Waals surface area contributed by atoms with Crippen LogP contribution in [0.4, 0.5) is 0 Å². The first kappa shape index (κ1) is 21.6. The molecule has 0 saturated carbocycles. The van der Waals surface area contributed by atoms with Crippen LogP contribution in [0.1, 0.15) is 103 Å². The molecule has 4 heteroatoms. The zero-order valence-corrected chi connectivity index (χ0v) is 14.4. The van der Waals surface area contributed by atoms with E-state index in [2.05, 4.69) is 6.92 Å². The Morgan fingerprint density at radius 3 is 1.55 bits per heavy atom. The van der Waals surface area contributed by atoms with Crippen LogP contribution in [0, 0.1) is 0 Å². The Morgan fingerprint density at radius 1 is 0.682 bits per heavy atom. The summed E-state index contributed by atoms with van der Waals surface area (Å²) >= 11 is 0. The van der Waals surface area contributed by atoms with Crippen molar-refractivity contribution in [3.05, 3.63) is 0 Å². The second-order valence-electron chi connectivity index (χ2n) is 6.45. The van der Waals surface area contributed by atoms with Crippen LogP contribution in [0.25, 0.3) is 0 Å². The summed E-state index contributed by atoms with van der Waals surface area (Å²) in [7, 11) is 0. The van der Waals surface area contributed by atoms with Crippen molar-refractivity contribution in [3.63, 3.8) is 0 Å². The number of rotatable bonds is 16. The summed E-state index contributed by atoms with van der Waals surface area (Å²) in [5.74, 6) is -2.48. The van der Waals surface area contributed by atoms with Gasteiger partial charge < -0.3 is 15.3 Å². The third-order valence-electron chi connectivity index (χ3n) is 4.03. The molecule has 0 fully saturated rings. The summed E-state index contributed by atoms with van der Waals surface area (Å²) in [4.78, 5) is 11.5. The topological polar surface area (TPSA) is 77.8 Å². The predicted molar refractivity (Wildman–Crippen MR) is 89.3 cm³/mol. The fourth-order valence-electron chi connectivity index (χ4n) is 2.63. The highest BCUT2D eigenvalue weighted by Gasteiger charge is 2.17. The quantitative estimate of drug-likeness (QED) is 0.296. The van der Waals surface area contributed by atoms with Gasteiger partial charge in [0.15, 0.2) is 0 Å². The van der Waals surface area contributed by atoms with E-state index in [1.165, 1.54) is 57.8 Å². The van der Waals surface area contributed by atoms with Crippen LogP contribution >= 0.6 is 0 Å². The predicted octanol–water partition coefficient (Wildman–Crippen LogP) is 4.06. The molecule has 132 valence electrons. The van der Waals surface area contributed by atoms with Crippen LogP contribution in [0.5, 0.6) is 0 Å². The molecular weight excluding hydrogens is 280 g/mol. The van der Waals surface area contributed by atoms with Gasteiger partial charge in [0.05, 0.1) is 0 Å². The molecular formula is C18H36O4. The van der Waals surface area contributed by atoms with Gasteiger partial charge in [-0.15, -0.1) is 0 Å². The minimum absolute atomic E-state index is 0.153. The first-order valence-corrected chi connectivity index (χ1v) is 9.14. The summed E-state index contributed by atoms with van der Waals surface area (Å²) in [6.07, 6.45) is 15.0. The Morgan fingerprint density at radius 2 is 1.09 bits per heavy atom. The number of hydrogen-bond acceptors (Lipinski definition) is 4. The fourth-order valence-corrected chi connectivity index (χ4v) is 2.63. The van der Waals surface area contributed by atoms with Gasteiger partial charge in [0.2, 0.25) is 0 Å². The van der Waals surface area contributed by atoms with E-state index in [1.807, 2.05) is 0 Å². The molecule has 0 atom stereocenters. The SMILES string of the molecule is CCCCCCCCCCCCCC(=O)CCCC(O)(O)O. The molecule has 0 bridgehead atoms. The van der Waals surface area contributed by atoms with E-state index >= 15 is 0 Å². The van der Waals surface area contributed by atoms with E-state index < -0.39 is 5.97 Å². The smallest absolute Gasteiger partial charge is 0.275 e. The molecule has 0 aromatic rings. The molecule has 0 aliphatic rings. The molecule has 0 aromatic carbocycles. The summed E-state index contributed by atoms with van der Waals surface area (Å²) < 4.78 is 0. The van der Waals surface area contributed by atoms with Gasteiger partial charge in [-0.3, -0.25) is 4.79 Å². The molecule has 0 aromatic heterocycles. The maximum Gasteiger partial charge on any atom is 0.275 e. The van der Waals surface area contributed by atoms with E-state index in [1.54, 1.807) is 0 Å². The van der Waals surface area contributed by atoms with Crippen LogP contribution in [-0.2, 0) is 4.79 Å². The van der Waals surface area contributed by atoms with E-state index in [9.17, 15) is 4.79 Å². The van der Waals surface area contributed by atoms with E-state index in [0.29, 0.717) is 19.3 Å². The number of unbranched alkanes of at least 4 members (excludes halogenated alkanes) is 10. The Balaban J connectivity index is 3.20. The van der Waals surface area contributed by atoms with Crippen LogP contribution < -0.4 is 0 Å². The first-order valence-electron chi connectivity index (χ1n) is 9.14. The first-order chi connectivity index (χ1) is 10.5. The summed E-state index contributed by atoms with van der Waals surface area (Å²) in [5, 5.41) is 26.1. The zero-order valence-electron chi connectivity index (χ0n) is 14.4. The van der Waals surface area contributed by atoms with Crippen molar-refractivity contribution in [2.75, 3.05) is 0 Å². The lowest BCUT2D eigenvalue weighted by Crippen LogP contribution is -2.26. The molecule has 0 amide bonds. The molecule has 0 radical (unpaired) electrons. The number of aliphatic hydroxyl groups is 3. The summed E-state index contributed by atoms with van der Waals surface area (Å²) in [6.45, 7) is 2.24. The Labute approximate surface area is 135 Å². The molecule has 0 spiro atoms. The van der Waals surface area contributed by atoms with Gasteiger partial charge in [0.1, 0.15) is 5.78 Å². The molecule has 22 heavy (non-hydrogen) atoms. The summed E-state index contributed by atoms with van der Waals surface area (Å²) in [6, 6.07) is 0. The number of ketones is 1. The van der Waals surface area contributed by atoms with Gasteiger partial charge in [-0.2, -0.15) is 0 Å². The van der Waals surface area contributed by atoms with Crippen molar-refractivity contribution in [3.8, 4) is 0 Å². The average Bonchev–Trinajstić information content (AvgIpc) is 2.43. The molecule has 0 aliphatic carbocycles. The third kappa shape index (κ3) is 17.6. The fraction of sp³-hybridized carbons (Fsp3) is 0.944. The Kier molecular flexibility index (Phi) is 13.9. The number of carbonyl (C=O) groups excluding carboxylic acids is 1. The van der Waals surface area contributed by atoms with Crippen molar-refractivity contribution < 1.29 is 20.1 Å². The van der Waals surface area contributed by atoms with Crippen molar-refractivity contribution in [2.24, 2.45) is 0 Å². The monoisotopic (exact) mass is 316 g/mol. The van der Waals surface area contributed by atoms with Gasteiger partial charge in [-0.25, -0.2) is 0 Å². The maximum atomic E-state index is 11.5. The number of carbonyl (C=O) groups is 1. The lowest BCUT2D eigenvalue weighted by atomic mass is 10.0. The Hall–Kier alpha value is -0.450. The number of Topliss-reactive ketones (excluding diaryl/α,β-unsaturated/α-hetero) is 1. The molecule has 0 rings (SSSR count). The lowest BCUT2D eigenvalue weighted by Gasteiger charge is -2.12. The van der Waals surface area contributed by atoms with Gasteiger partial charge in [-0.1, -0.05) is 71.1 Å². The van der Waals surface area contributed by atoms with E-state index in [4.69, 9.17) is 15.3 Å². The average molecular weight is 316 g/mol. The van der Waals surface area contributed by atoms with E-state index in [-0.39, 0.29) is 12.2 Å². The maximum absolute atomic E-state index is 11.5. The molecule has 0 heterocycles. The second-order valence-corrected chi connectivity index (χ2v) is 6.45. The van der Waals surface area contributed by atoms with Gasteiger partial charge in [-0.05, 0) is 12.8 Å². The largest absolute Gasteiger partial charge is 0.344 e. The van der Waals surface area contributed by atoms with Crippen LogP contribution in [0.2, 0.25) is 0 Å². The van der Waals surface area contributed by atoms with Gasteiger partial charge in [0, 0.05) is 19.3 Å². The van der Waals surface area contributed by atoms with Crippen molar-refractivity contribution in [1.82, 2.24) is 0 Å². The zero-order chi connectivity index (χ0) is 16.7. The Bertz CT molecular complexity index is 258. The van der Waals surface area contributed by atoms with Crippen LogP contribution in [0.15, 0.2) is 0 Å². The summed E-state index contributed by atoms with van der Waals surface area (Å²) in [5.41, 5.74) is 0. The molecule has 3 N–H and O–H groups in total. The van der Waals surface area contributed by atoms with Crippen LogP contribution in [-0.4, -0.2) is 27.1 Å². The molecule has 0 saturated heterocycles. The van der Waals surface area contributed by atoms with Gasteiger partial charge in [0.25, 0.3) is 5.97 Å². The normalized spacial score (nSPS) is 11.8. The second kappa shape index (κ2) is 14.2. The van der Waals surface area contributed by atoms with Crippen molar-refractivity contribution in [2.45, 2.75) is 109 Å². The minimum Gasteiger partial charge on any atom is -0.344 e. The van der Waals surface area contributed by atoms with Crippen molar-refractivity contribution >= 4 is 5.78 Å². The molecule has 0 aliphatic heterocycles. The highest BCUT2D eigenvalue weighted by molar-refractivity contribution is 5.78. The highest BCUT2D eigenvalue weighted by atomic mass is 16.7. The highest BCUT2D eigenvalue weighted by Crippen LogP contribution is 2.13. The standard InChI is InChI=1S/C18H36O4/c1-2-3-4-5-6-7-8-9-10-11-12-14-17(19)15-13-16-18(20,21)22/h20-22H,2-16H2,1H3. The molecule has 0 unspecified atom stereocenters. The van der Waals surface area contributed by atoms with E-state index in [0.717, 1.165) is 12.8 Å². The lowest BCUT2D eigenvalue weighted by molar-refractivity contribution is -0.314. The van der Waals surface area contributed by atoms with Crippen molar-refractivity contribution in [1.29, 1.82) is 0 Å². The molecule has 4 nitrogen and oxygen atoms in total.